The fraction of sp³-hybridized carbons (Fsp3) is 0. The number of rotatable bonds is 3. The summed E-state index contributed by atoms with van der Waals surface area (Å²) in [6, 6.07) is 30.5. The van der Waals surface area contributed by atoms with Crippen molar-refractivity contribution >= 4 is 49.3 Å². The highest BCUT2D eigenvalue weighted by atomic mass is 16.5. The number of benzene rings is 3. The van der Waals surface area contributed by atoms with Gasteiger partial charge in [0.1, 0.15) is 23.6 Å². The molecule has 0 amide bonds. The zero-order valence-electron chi connectivity index (χ0n) is 19.5. The average Bonchev–Trinajstić information content (AvgIpc) is 3.57. The summed E-state index contributed by atoms with van der Waals surface area (Å²) < 4.78 is 10.5. The second-order valence-electron chi connectivity index (χ2n) is 8.93. The lowest BCUT2D eigenvalue weighted by Gasteiger charge is -2.11. The molecule has 0 unspecified atom stereocenters. The first-order valence-electron chi connectivity index (χ1n) is 12.0. The van der Waals surface area contributed by atoms with E-state index in [4.69, 9.17) is 9.72 Å². The molecule has 3 aromatic carbocycles. The number of nitrogens with zero attached hydrogens (tertiary/aromatic N) is 6. The van der Waals surface area contributed by atoms with Gasteiger partial charge in [0.15, 0.2) is 5.65 Å². The van der Waals surface area contributed by atoms with E-state index in [2.05, 4.69) is 50.1 Å². The molecule has 0 spiro atoms. The van der Waals surface area contributed by atoms with Gasteiger partial charge in [0.25, 0.3) is 0 Å². The van der Waals surface area contributed by atoms with Crippen LogP contribution in [0.3, 0.4) is 0 Å². The Morgan fingerprint density at radius 3 is 2.35 bits per heavy atom. The zero-order chi connectivity index (χ0) is 24.3. The summed E-state index contributed by atoms with van der Waals surface area (Å²) in [5.74, 6) is 2.18. The molecule has 0 radical (unpaired) electrons. The highest BCUT2D eigenvalue weighted by molar-refractivity contribution is 6.12. The summed E-state index contributed by atoms with van der Waals surface area (Å²) in [7, 11) is 0. The van der Waals surface area contributed by atoms with Gasteiger partial charge in [0, 0.05) is 28.4 Å². The topological polar surface area (TPSA) is 70.1 Å². The zero-order valence-corrected chi connectivity index (χ0v) is 19.5. The van der Waals surface area contributed by atoms with Gasteiger partial charge >= 0.3 is 0 Å². The molecule has 5 aromatic heterocycles. The lowest BCUT2D eigenvalue weighted by molar-refractivity contribution is 0.482. The molecule has 0 fully saturated rings. The Balaban J connectivity index is 1.30. The number of pyridine rings is 3. The molecule has 7 heteroatoms. The highest BCUT2D eigenvalue weighted by Gasteiger charge is 2.16. The lowest BCUT2D eigenvalue weighted by atomic mass is 10.1. The van der Waals surface area contributed by atoms with Crippen molar-refractivity contribution in [2.45, 2.75) is 0 Å². The summed E-state index contributed by atoms with van der Waals surface area (Å²) in [5, 5.41) is 12.8. The summed E-state index contributed by atoms with van der Waals surface area (Å²) >= 11 is 0. The number of aromatic nitrogens is 6. The fourth-order valence-corrected chi connectivity index (χ4v) is 5.25. The lowest BCUT2D eigenvalue weighted by Crippen LogP contribution is -1.97. The van der Waals surface area contributed by atoms with Crippen LogP contribution in [0.15, 0.2) is 110 Å². The number of ether oxygens (including phenoxy) is 1. The van der Waals surface area contributed by atoms with Crippen LogP contribution >= 0.6 is 0 Å². The second kappa shape index (κ2) is 7.60. The molecule has 8 aromatic rings. The molecule has 37 heavy (non-hydrogen) atoms. The van der Waals surface area contributed by atoms with Crippen LogP contribution in [-0.2, 0) is 0 Å². The molecule has 0 aliphatic rings. The van der Waals surface area contributed by atoms with Gasteiger partial charge in [-0.2, -0.15) is 0 Å². The Bertz CT molecular complexity index is 2130. The molecule has 0 saturated heterocycles. The molecule has 5 heterocycles. The smallest absolute Gasteiger partial charge is 0.169 e. The minimum atomic E-state index is 0.644. The van der Waals surface area contributed by atoms with E-state index < -0.39 is 0 Å². The number of hydrogen-bond acceptors (Lipinski definition) is 5. The Labute approximate surface area is 210 Å². The van der Waals surface area contributed by atoms with Crippen molar-refractivity contribution in [3.8, 4) is 17.3 Å². The minimum Gasteiger partial charge on any atom is -0.456 e. The van der Waals surface area contributed by atoms with Crippen LogP contribution in [0.4, 0.5) is 0 Å². The van der Waals surface area contributed by atoms with Gasteiger partial charge in [-0.3, -0.25) is 14.0 Å². The van der Waals surface area contributed by atoms with Crippen LogP contribution in [0, 0.1) is 0 Å². The first-order valence-corrected chi connectivity index (χ1v) is 12.0. The summed E-state index contributed by atoms with van der Waals surface area (Å²) in [6.45, 7) is 0. The van der Waals surface area contributed by atoms with Crippen LogP contribution in [0.1, 0.15) is 0 Å². The molecule has 0 N–H and O–H groups in total. The minimum absolute atomic E-state index is 0.644. The van der Waals surface area contributed by atoms with Gasteiger partial charge in [-0.1, -0.05) is 42.5 Å². The monoisotopic (exact) mass is 478 g/mol. The third-order valence-electron chi connectivity index (χ3n) is 6.83. The SMILES string of the molecule is c1ccc(-n2c3ccccc3c3ncc(Oc4ccc5c6ccccc6n6cnnc6c5c4)cc32)nc1. The van der Waals surface area contributed by atoms with Crippen LogP contribution in [-0.4, -0.2) is 29.1 Å². The van der Waals surface area contributed by atoms with Gasteiger partial charge in [-0.25, -0.2) is 4.98 Å². The standard InChI is InChI=1S/C30H18N6O/c1-3-9-25-22(7-1)21-13-12-19(15-24(21)30-34-33-18-35(25)30)37-20-16-27-29(32-17-20)23-8-2-4-10-26(23)36(27)28-11-5-6-14-31-28/h1-18H. The Morgan fingerprint density at radius 1 is 0.622 bits per heavy atom. The van der Waals surface area contributed by atoms with E-state index in [9.17, 15) is 0 Å². The summed E-state index contributed by atoms with van der Waals surface area (Å²) in [5.41, 5.74) is 4.75. The van der Waals surface area contributed by atoms with Crippen molar-refractivity contribution in [2.24, 2.45) is 0 Å². The maximum Gasteiger partial charge on any atom is 0.169 e. The molecule has 7 nitrogen and oxygen atoms in total. The van der Waals surface area contributed by atoms with E-state index in [0.29, 0.717) is 11.5 Å². The first kappa shape index (κ1) is 19.9. The Kier molecular flexibility index (Phi) is 4.10. The molecule has 0 atom stereocenters. The third kappa shape index (κ3) is 2.94. The van der Waals surface area contributed by atoms with Crippen LogP contribution in [0.2, 0.25) is 0 Å². The van der Waals surface area contributed by atoms with Crippen molar-refractivity contribution in [3.63, 3.8) is 0 Å². The predicted molar refractivity (Wildman–Crippen MR) is 144 cm³/mol. The van der Waals surface area contributed by atoms with E-state index in [1.165, 1.54) is 0 Å². The van der Waals surface area contributed by atoms with E-state index in [1.807, 2.05) is 65.1 Å². The maximum atomic E-state index is 6.37. The summed E-state index contributed by atoms with van der Waals surface area (Å²) in [4.78, 5) is 9.39. The van der Waals surface area contributed by atoms with Crippen LogP contribution < -0.4 is 4.74 Å². The molecule has 8 rings (SSSR count). The van der Waals surface area contributed by atoms with Gasteiger partial charge in [-0.15, -0.1) is 10.2 Å². The van der Waals surface area contributed by atoms with Crippen LogP contribution in [0.25, 0.3) is 55.1 Å². The Morgan fingerprint density at radius 2 is 1.46 bits per heavy atom. The number of hydrogen-bond donors (Lipinski definition) is 0. The summed E-state index contributed by atoms with van der Waals surface area (Å²) in [6.07, 6.45) is 5.32. The van der Waals surface area contributed by atoms with Crippen molar-refractivity contribution in [2.75, 3.05) is 0 Å². The van der Waals surface area contributed by atoms with E-state index in [-0.39, 0.29) is 0 Å². The maximum absolute atomic E-state index is 6.37. The largest absolute Gasteiger partial charge is 0.456 e. The molecule has 0 bridgehead atoms. The normalized spacial score (nSPS) is 11.8. The number of para-hydroxylation sites is 2. The van der Waals surface area contributed by atoms with Gasteiger partial charge in [-0.05, 0) is 47.9 Å². The van der Waals surface area contributed by atoms with Gasteiger partial charge in [0.2, 0.25) is 0 Å². The first-order chi connectivity index (χ1) is 18.3. The van der Waals surface area contributed by atoms with Crippen molar-refractivity contribution in [1.29, 1.82) is 0 Å². The third-order valence-corrected chi connectivity index (χ3v) is 6.83. The Hall–Kier alpha value is -5.30. The van der Waals surface area contributed by atoms with E-state index in [1.54, 1.807) is 18.7 Å². The predicted octanol–water partition coefficient (Wildman–Crippen LogP) is 6.72. The van der Waals surface area contributed by atoms with Crippen molar-refractivity contribution < 1.29 is 4.74 Å². The average molecular weight is 479 g/mol. The molecule has 0 saturated carbocycles. The quantitative estimate of drug-likeness (QED) is 0.264. The molecular formula is C30H18N6O. The molecule has 174 valence electrons. The fourth-order valence-electron chi connectivity index (χ4n) is 5.25. The second-order valence-corrected chi connectivity index (χ2v) is 8.93. The van der Waals surface area contributed by atoms with E-state index >= 15 is 0 Å². The molecular weight excluding hydrogens is 460 g/mol. The van der Waals surface area contributed by atoms with Crippen molar-refractivity contribution in [3.05, 3.63) is 110 Å². The highest BCUT2D eigenvalue weighted by Crippen LogP contribution is 2.35. The van der Waals surface area contributed by atoms with Crippen molar-refractivity contribution in [1.82, 2.24) is 29.1 Å². The van der Waals surface area contributed by atoms with Gasteiger partial charge < -0.3 is 4.74 Å². The van der Waals surface area contributed by atoms with Gasteiger partial charge in [0.05, 0.1) is 28.3 Å². The molecule has 0 aliphatic heterocycles. The number of fused-ring (bicyclic) bond motifs is 9. The van der Waals surface area contributed by atoms with Crippen LogP contribution in [0.5, 0.6) is 11.5 Å². The van der Waals surface area contributed by atoms with E-state index in [0.717, 1.165) is 55.1 Å². The molecule has 0 aliphatic carbocycles.